The fraction of sp³-hybridized carbons (Fsp3) is 0.519. The number of sulfonamides is 1. The van der Waals surface area contributed by atoms with Crippen LogP contribution < -0.4 is 5.73 Å². The molecular formula is C27H35N3O3S. The molecule has 1 spiro atoms. The van der Waals surface area contributed by atoms with Gasteiger partial charge in [0.25, 0.3) is 0 Å². The minimum absolute atomic E-state index is 0.0422. The molecule has 5 rings (SSSR count). The lowest BCUT2D eigenvalue weighted by molar-refractivity contribution is -0.119. The van der Waals surface area contributed by atoms with Crippen LogP contribution in [0.4, 0.5) is 0 Å². The fourth-order valence-electron chi connectivity index (χ4n) is 5.87. The van der Waals surface area contributed by atoms with E-state index in [1.165, 1.54) is 18.4 Å². The first-order valence-electron chi connectivity index (χ1n) is 12.6. The summed E-state index contributed by atoms with van der Waals surface area (Å²) in [5.41, 5.74) is 7.77. The molecule has 3 fully saturated rings. The number of carbonyl (C=O) groups is 1. The van der Waals surface area contributed by atoms with Crippen molar-refractivity contribution in [2.75, 3.05) is 19.6 Å². The Labute approximate surface area is 203 Å². The minimum Gasteiger partial charge on any atom is -0.369 e. The molecule has 1 heterocycles. The molecule has 0 aromatic heterocycles. The van der Waals surface area contributed by atoms with E-state index in [1.54, 1.807) is 28.6 Å². The number of benzene rings is 2. The Hall–Kier alpha value is -2.22. The van der Waals surface area contributed by atoms with Gasteiger partial charge >= 0.3 is 0 Å². The van der Waals surface area contributed by atoms with Crippen LogP contribution in [0.25, 0.3) is 0 Å². The maximum atomic E-state index is 13.5. The summed E-state index contributed by atoms with van der Waals surface area (Å²) in [5.74, 6) is -0.147. The largest absolute Gasteiger partial charge is 0.369 e. The standard InChI is InChI=1S/C27H35N3O3S/c28-26(31)25(18-21-6-4-5-7-21)23-10-12-24(13-11-23)34(32,33)30-17-16-29(27(20-30)14-15-27)19-22-8-2-1-3-9-22/h1-3,8-13,21,25H,4-7,14-20H2,(H2,28,31). The zero-order chi connectivity index (χ0) is 23.8. The van der Waals surface area contributed by atoms with Crippen molar-refractivity contribution >= 4 is 15.9 Å². The summed E-state index contributed by atoms with van der Waals surface area (Å²) in [6.45, 7) is 2.62. The van der Waals surface area contributed by atoms with Crippen LogP contribution >= 0.6 is 0 Å². The third-order valence-corrected chi connectivity index (χ3v) is 9.97. The van der Waals surface area contributed by atoms with Crippen molar-refractivity contribution in [3.8, 4) is 0 Å². The topological polar surface area (TPSA) is 83.7 Å². The van der Waals surface area contributed by atoms with Crippen molar-refractivity contribution < 1.29 is 13.2 Å². The first kappa shape index (κ1) is 23.5. The summed E-state index contributed by atoms with van der Waals surface area (Å²) in [6.07, 6.45) is 7.55. The zero-order valence-corrected chi connectivity index (χ0v) is 20.6. The van der Waals surface area contributed by atoms with Crippen LogP contribution in [0, 0.1) is 5.92 Å². The van der Waals surface area contributed by atoms with Gasteiger partial charge in [-0.2, -0.15) is 4.31 Å². The first-order valence-corrected chi connectivity index (χ1v) is 14.0. The molecule has 7 heteroatoms. The SMILES string of the molecule is NC(=O)C(CC1CCCC1)c1ccc(S(=O)(=O)N2CCN(Cc3ccccc3)C3(CC3)C2)cc1. The Morgan fingerprint density at radius 2 is 1.68 bits per heavy atom. The third kappa shape index (κ3) is 4.79. The molecule has 0 bridgehead atoms. The second kappa shape index (κ2) is 9.44. The maximum Gasteiger partial charge on any atom is 0.243 e. The minimum atomic E-state index is -3.58. The molecular weight excluding hydrogens is 446 g/mol. The molecule has 1 saturated heterocycles. The van der Waals surface area contributed by atoms with Crippen LogP contribution in [0.1, 0.15) is 62.0 Å². The summed E-state index contributed by atoms with van der Waals surface area (Å²) in [4.78, 5) is 14.9. The quantitative estimate of drug-likeness (QED) is 0.620. The number of nitrogens with two attached hydrogens (primary N) is 1. The van der Waals surface area contributed by atoms with Crippen LogP contribution in [0.5, 0.6) is 0 Å². The molecule has 2 aromatic carbocycles. The average molecular weight is 482 g/mol. The Morgan fingerprint density at radius 1 is 1.00 bits per heavy atom. The van der Waals surface area contributed by atoms with Crippen molar-refractivity contribution in [1.29, 1.82) is 0 Å². The van der Waals surface area contributed by atoms with E-state index in [2.05, 4.69) is 29.2 Å². The fourth-order valence-corrected chi connectivity index (χ4v) is 7.38. The molecule has 3 aliphatic rings. The first-order chi connectivity index (χ1) is 16.4. The van der Waals surface area contributed by atoms with E-state index in [1.807, 2.05) is 6.07 Å². The lowest BCUT2D eigenvalue weighted by Gasteiger charge is -2.41. The smallest absolute Gasteiger partial charge is 0.243 e. The van der Waals surface area contributed by atoms with Crippen LogP contribution in [-0.4, -0.2) is 48.7 Å². The lowest BCUT2D eigenvalue weighted by Crippen LogP contribution is -2.55. The molecule has 1 atom stereocenters. The van der Waals surface area contributed by atoms with Gasteiger partial charge in [-0.1, -0.05) is 68.1 Å². The van der Waals surface area contributed by atoms with Crippen molar-refractivity contribution in [3.63, 3.8) is 0 Å². The van der Waals surface area contributed by atoms with E-state index in [-0.39, 0.29) is 17.4 Å². The Balaban J connectivity index is 1.28. The van der Waals surface area contributed by atoms with Gasteiger partial charge in [0.15, 0.2) is 0 Å². The number of amides is 1. The number of piperazine rings is 1. The summed E-state index contributed by atoms with van der Waals surface area (Å²) >= 11 is 0. The highest BCUT2D eigenvalue weighted by atomic mass is 32.2. The van der Waals surface area contributed by atoms with E-state index in [4.69, 9.17) is 5.73 Å². The van der Waals surface area contributed by atoms with Gasteiger partial charge in [0.1, 0.15) is 0 Å². The van der Waals surface area contributed by atoms with Crippen LogP contribution in [0.15, 0.2) is 59.5 Å². The normalized spacial score (nSPS) is 22.1. The van der Waals surface area contributed by atoms with Gasteiger partial charge in [0.05, 0.1) is 10.8 Å². The molecule has 34 heavy (non-hydrogen) atoms. The predicted octanol–water partition coefficient (Wildman–Crippen LogP) is 3.87. The van der Waals surface area contributed by atoms with Crippen molar-refractivity contribution in [2.24, 2.45) is 11.7 Å². The molecule has 182 valence electrons. The predicted molar refractivity (Wildman–Crippen MR) is 133 cm³/mol. The molecule has 2 aromatic rings. The van der Waals surface area contributed by atoms with Crippen molar-refractivity contribution in [1.82, 2.24) is 9.21 Å². The molecule has 1 unspecified atom stereocenters. The number of nitrogens with zero attached hydrogens (tertiary/aromatic N) is 2. The van der Waals surface area contributed by atoms with Gasteiger partial charge in [-0.05, 0) is 48.4 Å². The number of primary amides is 1. The molecule has 0 radical (unpaired) electrons. The Morgan fingerprint density at radius 3 is 2.29 bits per heavy atom. The zero-order valence-electron chi connectivity index (χ0n) is 19.7. The number of hydrogen-bond donors (Lipinski definition) is 1. The van der Waals surface area contributed by atoms with Crippen LogP contribution in [0.2, 0.25) is 0 Å². The van der Waals surface area contributed by atoms with Crippen LogP contribution in [0.3, 0.4) is 0 Å². The highest BCUT2D eigenvalue weighted by Gasteiger charge is 2.53. The van der Waals surface area contributed by atoms with E-state index in [0.717, 1.165) is 50.8 Å². The maximum absolute atomic E-state index is 13.5. The van der Waals surface area contributed by atoms with Crippen molar-refractivity contribution in [3.05, 3.63) is 65.7 Å². The number of hydrogen-bond acceptors (Lipinski definition) is 4. The van der Waals surface area contributed by atoms with Gasteiger partial charge < -0.3 is 5.73 Å². The molecule has 2 N–H and O–H groups in total. The van der Waals surface area contributed by atoms with Gasteiger partial charge in [-0.25, -0.2) is 8.42 Å². The van der Waals surface area contributed by atoms with E-state index >= 15 is 0 Å². The van der Waals surface area contributed by atoms with E-state index in [9.17, 15) is 13.2 Å². The Kier molecular flexibility index (Phi) is 6.53. The molecule has 1 amide bonds. The average Bonchev–Trinajstić information content (AvgIpc) is 3.40. The molecule has 6 nitrogen and oxygen atoms in total. The second-order valence-electron chi connectivity index (χ2n) is 10.4. The Bertz CT molecular complexity index is 1110. The van der Waals surface area contributed by atoms with E-state index in [0.29, 0.717) is 23.9 Å². The van der Waals surface area contributed by atoms with E-state index < -0.39 is 10.0 Å². The number of carbonyl (C=O) groups excluding carboxylic acids is 1. The number of rotatable bonds is 8. The van der Waals surface area contributed by atoms with Gasteiger partial charge in [-0.15, -0.1) is 0 Å². The summed E-state index contributed by atoms with van der Waals surface area (Å²) in [7, 11) is -3.58. The van der Waals surface area contributed by atoms with Gasteiger partial charge in [0.2, 0.25) is 15.9 Å². The lowest BCUT2D eigenvalue weighted by atomic mass is 9.87. The third-order valence-electron chi connectivity index (χ3n) is 8.11. The summed E-state index contributed by atoms with van der Waals surface area (Å²) < 4.78 is 28.6. The summed E-state index contributed by atoms with van der Waals surface area (Å²) in [5, 5.41) is 0. The van der Waals surface area contributed by atoms with Crippen molar-refractivity contribution in [2.45, 2.75) is 67.8 Å². The molecule has 2 aliphatic carbocycles. The monoisotopic (exact) mass is 481 g/mol. The molecule has 2 saturated carbocycles. The highest BCUT2D eigenvalue weighted by molar-refractivity contribution is 7.89. The summed E-state index contributed by atoms with van der Waals surface area (Å²) in [6, 6.07) is 17.3. The molecule has 1 aliphatic heterocycles. The second-order valence-corrected chi connectivity index (χ2v) is 12.3. The van der Waals surface area contributed by atoms with Gasteiger partial charge in [0, 0.05) is 31.7 Å². The van der Waals surface area contributed by atoms with Crippen LogP contribution in [-0.2, 0) is 21.4 Å². The van der Waals surface area contributed by atoms with Gasteiger partial charge in [-0.3, -0.25) is 9.69 Å². The highest BCUT2D eigenvalue weighted by Crippen LogP contribution is 2.46.